The van der Waals surface area contributed by atoms with Crippen molar-refractivity contribution in [2.45, 2.75) is 32.7 Å². The van der Waals surface area contributed by atoms with E-state index in [1.165, 1.54) is 7.05 Å². The second-order valence-corrected chi connectivity index (χ2v) is 4.01. The number of aromatic amines is 1. The molecule has 17 heavy (non-hydrogen) atoms. The lowest BCUT2D eigenvalue weighted by Crippen LogP contribution is -2.43. The Bertz CT molecular complexity index is 413. The maximum atomic E-state index is 11.7. The van der Waals surface area contributed by atoms with Crippen LogP contribution in [0.5, 0.6) is 0 Å². The molecule has 94 valence electrons. The number of likely N-dealkylation sites (N-methyl/N-ethyl adjacent to an activating group) is 1. The second kappa shape index (κ2) is 5.42. The molecule has 0 radical (unpaired) electrons. The van der Waals surface area contributed by atoms with Gasteiger partial charge in [0.1, 0.15) is 11.9 Å². The van der Waals surface area contributed by atoms with Crippen molar-refractivity contribution < 1.29 is 9.59 Å². The molecule has 2 amide bonds. The zero-order chi connectivity index (χ0) is 13.0. The van der Waals surface area contributed by atoms with Crippen molar-refractivity contribution in [3.8, 4) is 0 Å². The van der Waals surface area contributed by atoms with Crippen LogP contribution in [-0.4, -0.2) is 40.1 Å². The molecular formula is C10H17N5O2. The van der Waals surface area contributed by atoms with Crippen LogP contribution in [-0.2, 0) is 4.79 Å². The Labute approximate surface area is 99.4 Å². The van der Waals surface area contributed by atoms with Crippen LogP contribution in [0.3, 0.4) is 0 Å². The molecule has 0 saturated heterocycles. The van der Waals surface area contributed by atoms with Gasteiger partial charge in [0.15, 0.2) is 0 Å². The number of carbonyl (C=O) groups is 2. The second-order valence-electron chi connectivity index (χ2n) is 4.01. The summed E-state index contributed by atoms with van der Waals surface area (Å²) in [5, 5.41) is 11.4. The molecule has 7 heteroatoms. The number of aromatic nitrogens is 3. The largest absolute Gasteiger partial charge is 0.357 e. The third kappa shape index (κ3) is 3.27. The molecule has 1 atom stereocenters. The number of nitrogens with one attached hydrogen (secondary N) is 3. The quantitative estimate of drug-likeness (QED) is 0.677. The number of nitrogens with zero attached hydrogens (tertiary/aromatic N) is 2. The highest BCUT2D eigenvalue weighted by molar-refractivity contribution is 5.94. The van der Waals surface area contributed by atoms with Crippen molar-refractivity contribution in [2.24, 2.45) is 0 Å². The molecule has 0 aliphatic rings. The minimum Gasteiger partial charge on any atom is -0.357 e. The van der Waals surface area contributed by atoms with Gasteiger partial charge in [0.2, 0.25) is 11.7 Å². The van der Waals surface area contributed by atoms with Crippen molar-refractivity contribution in [1.29, 1.82) is 0 Å². The van der Waals surface area contributed by atoms with E-state index in [1.807, 2.05) is 13.8 Å². The summed E-state index contributed by atoms with van der Waals surface area (Å²) in [5.74, 6) is 0.120. The summed E-state index contributed by atoms with van der Waals surface area (Å²) in [4.78, 5) is 26.9. The number of carbonyl (C=O) groups excluding carboxylic acids is 2. The predicted octanol–water partition coefficient (Wildman–Crippen LogP) is -0.208. The summed E-state index contributed by atoms with van der Waals surface area (Å²) in [6.45, 7) is 5.47. The van der Waals surface area contributed by atoms with Crippen LogP contribution in [0.4, 0.5) is 0 Å². The fraction of sp³-hybridized carbons (Fsp3) is 0.600. The molecular weight excluding hydrogens is 222 g/mol. The van der Waals surface area contributed by atoms with Crippen LogP contribution in [0.25, 0.3) is 0 Å². The molecule has 0 aromatic carbocycles. The molecule has 3 N–H and O–H groups in total. The molecule has 1 rings (SSSR count). The molecule has 0 bridgehead atoms. The standard InChI is InChI=1S/C10H17N5O2/c1-5(2)7-13-8(15-14-7)10(17)12-6(3)9(16)11-4/h5-6H,1-4H3,(H,11,16)(H,12,17)(H,13,14,15). The van der Waals surface area contributed by atoms with Crippen molar-refractivity contribution >= 4 is 11.8 Å². The van der Waals surface area contributed by atoms with Crippen molar-refractivity contribution in [3.63, 3.8) is 0 Å². The van der Waals surface area contributed by atoms with E-state index < -0.39 is 11.9 Å². The Kier molecular flexibility index (Phi) is 4.19. The summed E-state index contributed by atoms with van der Waals surface area (Å²) >= 11 is 0. The van der Waals surface area contributed by atoms with Gasteiger partial charge in [-0.1, -0.05) is 13.8 Å². The van der Waals surface area contributed by atoms with E-state index in [9.17, 15) is 9.59 Å². The zero-order valence-corrected chi connectivity index (χ0v) is 10.4. The minimum atomic E-state index is -0.617. The Hall–Kier alpha value is -1.92. The van der Waals surface area contributed by atoms with Gasteiger partial charge in [-0.3, -0.25) is 14.7 Å². The lowest BCUT2D eigenvalue weighted by molar-refractivity contribution is -0.122. The summed E-state index contributed by atoms with van der Waals surface area (Å²) in [6, 6.07) is -0.617. The molecule has 0 saturated carbocycles. The Morgan fingerprint density at radius 1 is 1.29 bits per heavy atom. The number of H-pyrrole nitrogens is 1. The van der Waals surface area contributed by atoms with Crippen molar-refractivity contribution in [3.05, 3.63) is 11.6 Å². The van der Waals surface area contributed by atoms with Gasteiger partial charge in [-0.15, -0.1) is 5.10 Å². The van der Waals surface area contributed by atoms with E-state index in [1.54, 1.807) is 6.92 Å². The average Bonchev–Trinajstić information content (AvgIpc) is 2.77. The van der Waals surface area contributed by atoms with Gasteiger partial charge < -0.3 is 10.6 Å². The lowest BCUT2D eigenvalue weighted by Gasteiger charge is -2.10. The highest BCUT2D eigenvalue weighted by atomic mass is 16.2. The maximum Gasteiger partial charge on any atom is 0.291 e. The highest BCUT2D eigenvalue weighted by Gasteiger charge is 2.19. The van der Waals surface area contributed by atoms with Gasteiger partial charge in [-0.05, 0) is 6.92 Å². The first kappa shape index (κ1) is 13.1. The molecule has 1 aromatic heterocycles. The van der Waals surface area contributed by atoms with Crippen molar-refractivity contribution in [2.75, 3.05) is 7.05 Å². The fourth-order valence-corrected chi connectivity index (χ4v) is 1.18. The lowest BCUT2D eigenvalue weighted by atomic mass is 10.2. The van der Waals surface area contributed by atoms with Gasteiger partial charge in [0, 0.05) is 13.0 Å². The number of hydrogen-bond acceptors (Lipinski definition) is 4. The fourth-order valence-electron chi connectivity index (χ4n) is 1.18. The van der Waals surface area contributed by atoms with E-state index in [2.05, 4.69) is 25.8 Å². The van der Waals surface area contributed by atoms with E-state index in [0.717, 1.165) is 0 Å². The van der Waals surface area contributed by atoms with Gasteiger partial charge in [-0.25, -0.2) is 4.98 Å². The number of amides is 2. The van der Waals surface area contributed by atoms with Crippen LogP contribution < -0.4 is 10.6 Å². The van der Waals surface area contributed by atoms with Gasteiger partial charge in [0.25, 0.3) is 5.91 Å². The Balaban J connectivity index is 2.66. The molecule has 0 fully saturated rings. The van der Waals surface area contributed by atoms with E-state index in [4.69, 9.17) is 0 Å². The summed E-state index contributed by atoms with van der Waals surface area (Å²) < 4.78 is 0. The van der Waals surface area contributed by atoms with Gasteiger partial charge in [0.05, 0.1) is 0 Å². The molecule has 0 aliphatic heterocycles. The topological polar surface area (TPSA) is 99.8 Å². The first-order valence-electron chi connectivity index (χ1n) is 5.40. The molecule has 1 aromatic rings. The molecule has 0 spiro atoms. The smallest absolute Gasteiger partial charge is 0.291 e. The van der Waals surface area contributed by atoms with Crippen LogP contribution in [0.2, 0.25) is 0 Å². The molecule has 0 aliphatic carbocycles. The van der Waals surface area contributed by atoms with Gasteiger partial charge >= 0.3 is 0 Å². The Morgan fingerprint density at radius 3 is 2.41 bits per heavy atom. The molecule has 7 nitrogen and oxygen atoms in total. The zero-order valence-electron chi connectivity index (χ0n) is 10.4. The normalized spacial score (nSPS) is 12.3. The van der Waals surface area contributed by atoms with Crippen LogP contribution >= 0.6 is 0 Å². The SMILES string of the molecule is CNC(=O)C(C)NC(=O)c1n[nH]c(C(C)C)n1. The minimum absolute atomic E-state index is 0.0458. The van der Waals surface area contributed by atoms with Crippen molar-refractivity contribution in [1.82, 2.24) is 25.8 Å². The molecule has 1 heterocycles. The first-order valence-corrected chi connectivity index (χ1v) is 5.40. The van der Waals surface area contributed by atoms with Crippen LogP contribution in [0, 0.1) is 0 Å². The summed E-state index contributed by atoms with van der Waals surface area (Å²) in [6.07, 6.45) is 0. The molecule has 1 unspecified atom stereocenters. The third-order valence-electron chi connectivity index (χ3n) is 2.24. The maximum absolute atomic E-state index is 11.7. The Morgan fingerprint density at radius 2 is 1.94 bits per heavy atom. The predicted molar refractivity (Wildman–Crippen MR) is 61.5 cm³/mol. The van der Waals surface area contributed by atoms with Crippen LogP contribution in [0.15, 0.2) is 0 Å². The first-order chi connectivity index (χ1) is 7.95. The number of hydrogen-bond donors (Lipinski definition) is 3. The van der Waals surface area contributed by atoms with E-state index >= 15 is 0 Å². The average molecular weight is 239 g/mol. The van der Waals surface area contributed by atoms with E-state index in [0.29, 0.717) is 5.82 Å². The third-order valence-corrected chi connectivity index (χ3v) is 2.24. The summed E-state index contributed by atoms with van der Waals surface area (Å²) in [7, 11) is 1.51. The number of rotatable bonds is 4. The van der Waals surface area contributed by atoms with E-state index in [-0.39, 0.29) is 17.6 Å². The van der Waals surface area contributed by atoms with Crippen LogP contribution in [0.1, 0.15) is 43.1 Å². The monoisotopic (exact) mass is 239 g/mol. The highest BCUT2D eigenvalue weighted by Crippen LogP contribution is 2.07. The van der Waals surface area contributed by atoms with Gasteiger partial charge in [-0.2, -0.15) is 0 Å². The summed E-state index contributed by atoms with van der Waals surface area (Å²) in [5.41, 5.74) is 0.